The van der Waals surface area contributed by atoms with E-state index in [0.717, 1.165) is 25.7 Å². The van der Waals surface area contributed by atoms with Crippen LogP contribution in [0.25, 0.3) is 0 Å². The molecule has 4 nitrogen and oxygen atoms in total. The van der Waals surface area contributed by atoms with Gasteiger partial charge in [-0.15, -0.1) is 6.58 Å². The van der Waals surface area contributed by atoms with Crippen LogP contribution in [0.5, 0.6) is 0 Å². The smallest absolute Gasteiger partial charge is 0.307 e. The Hall–Kier alpha value is -1.58. The lowest BCUT2D eigenvalue weighted by molar-refractivity contribution is -0.150. The standard InChI is InChI=1S/C16H28O4.C12H24/c1-3-5-6-7-8-9-10-11-13(4-2)14(16(19)20)12-15(17)18;1-3-5-7-9-11-12-10-8-6-4-2/h7-8,13-14H,3-6,9-12H2,1-2H3,(H,17,18)(H,19,20);3H,1,4-12H2,2H3. The van der Waals surface area contributed by atoms with Crippen LogP contribution in [-0.4, -0.2) is 22.2 Å². The third-order valence-electron chi connectivity index (χ3n) is 5.90. The van der Waals surface area contributed by atoms with Gasteiger partial charge in [0.2, 0.25) is 0 Å². The van der Waals surface area contributed by atoms with Gasteiger partial charge in [0.15, 0.2) is 0 Å². The summed E-state index contributed by atoms with van der Waals surface area (Å²) in [6, 6.07) is 0. The molecular weight excluding hydrogens is 400 g/mol. The summed E-state index contributed by atoms with van der Waals surface area (Å²) in [6.45, 7) is 10.1. The summed E-state index contributed by atoms with van der Waals surface area (Å²) in [5.74, 6) is -2.83. The Morgan fingerprint density at radius 3 is 1.75 bits per heavy atom. The van der Waals surface area contributed by atoms with Gasteiger partial charge in [0.1, 0.15) is 0 Å². The van der Waals surface area contributed by atoms with Crippen molar-refractivity contribution in [3.8, 4) is 0 Å². The summed E-state index contributed by atoms with van der Waals surface area (Å²) in [6.07, 6.45) is 25.4. The van der Waals surface area contributed by atoms with Gasteiger partial charge < -0.3 is 10.2 Å². The zero-order valence-electron chi connectivity index (χ0n) is 21.3. The van der Waals surface area contributed by atoms with Gasteiger partial charge in [-0.05, 0) is 44.4 Å². The molecule has 2 unspecified atom stereocenters. The highest BCUT2D eigenvalue weighted by Gasteiger charge is 2.28. The molecule has 0 aromatic carbocycles. The fraction of sp³-hybridized carbons (Fsp3) is 0.786. The second-order valence-corrected chi connectivity index (χ2v) is 8.81. The number of unbranched alkanes of at least 4 members (excludes halogenated alkanes) is 11. The average molecular weight is 453 g/mol. The van der Waals surface area contributed by atoms with Gasteiger partial charge in [-0.25, -0.2) is 0 Å². The Bertz CT molecular complexity index is 470. The maximum Gasteiger partial charge on any atom is 0.307 e. The molecule has 0 aliphatic heterocycles. The third-order valence-corrected chi connectivity index (χ3v) is 5.90. The van der Waals surface area contributed by atoms with Gasteiger partial charge in [0, 0.05) is 0 Å². The summed E-state index contributed by atoms with van der Waals surface area (Å²) in [4.78, 5) is 21.9. The zero-order chi connectivity index (χ0) is 24.5. The molecule has 0 aliphatic carbocycles. The number of allylic oxidation sites excluding steroid dienone is 3. The second-order valence-electron chi connectivity index (χ2n) is 8.81. The first-order chi connectivity index (χ1) is 15.4. The quantitative estimate of drug-likeness (QED) is 0.135. The maximum absolute atomic E-state index is 11.2. The van der Waals surface area contributed by atoms with E-state index in [1.807, 2.05) is 13.0 Å². The lowest BCUT2D eigenvalue weighted by Crippen LogP contribution is -2.26. The van der Waals surface area contributed by atoms with Crippen LogP contribution >= 0.6 is 0 Å². The van der Waals surface area contributed by atoms with Gasteiger partial charge in [-0.3, -0.25) is 9.59 Å². The summed E-state index contributed by atoms with van der Waals surface area (Å²) < 4.78 is 0. The summed E-state index contributed by atoms with van der Waals surface area (Å²) >= 11 is 0. The van der Waals surface area contributed by atoms with E-state index in [2.05, 4.69) is 32.6 Å². The van der Waals surface area contributed by atoms with E-state index in [1.54, 1.807) is 0 Å². The van der Waals surface area contributed by atoms with Crippen molar-refractivity contribution in [1.29, 1.82) is 0 Å². The fourth-order valence-corrected chi connectivity index (χ4v) is 3.81. The number of hydrogen-bond acceptors (Lipinski definition) is 2. The van der Waals surface area contributed by atoms with Crippen molar-refractivity contribution in [2.45, 2.75) is 130 Å². The molecule has 0 spiro atoms. The Labute approximate surface area is 198 Å². The van der Waals surface area contributed by atoms with Crippen LogP contribution in [0.2, 0.25) is 0 Å². The minimum atomic E-state index is -1.03. The molecule has 0 aromatic rings. The topological polar surface area (TPSA) is 74.6 Å². The van der Waals surface area contributed by atoms with Crippen LogP contribution in [0.1, 0.15) is 130 Å². The van der Waals surface area contributed by atoms with Crippen molar-refractivity contribution in [3.05, 3.63) is 24.8 Å². The zero-order valence-corrected chi connectivity index (χ0v) is 21.3. The van der Waals surface area contributed by atoms with Gasteiger partial charge in [0.05, 0.1) is 12.3 Å². The van der Waals surface area contributed by atoms with Crippen molar-refractivity contribution < 1.29 is 19.8 Å². The van der Waals surface area contributed by atoms with Crippen LogP contribution in [0.4, 0.5) is 0 Å². The predicted molar refractivity (Wildman–Crippen MR) is 137 cm³/mol. The monoisotopic (exact) mass is 452 g/mol. The Kier molecular flexibility index (Phi) is 26.2. The SMILES string of the molecule is C=CCCCCCCCCCC.CCCCC=CCCCC(CC)C(CC(=O)O)C(=O)O. The largest absolute Gasteiger partial charge is 0.481 e. The van der Waals surface area contributed by atoms with Crippen molar-refractivity contribution in [2.75, 3.05) is 0 Å². The van der Waals surface area contributed by atoms with E-state index in [4.69, 9.17) is 10.2 Å². The van der Waals surface area contributed by atoms with E-state index < -0.39 is 17.9 Å². The highest BCUT2D eigenvalue weighted by molar-refractivity contribution is 5.77. The van der Waals surface area contributed by atoms with Crippen molar-refractivity contribution >= 4 is 11.9 Å². The number of carboxylic acid groups (broad SMARTS) is 2. The molecular formula is C28H52O4. The first-order valence-electron chi connectivity index (χ1n) is 13.1. The molecule has 0 fully saturated rings. The van der Waals surface area contributed by atoms with E-state index in [9.17, 15) is 9.59 Å². The highest BCUT2D eigenvalue weighted by Crippen LogP contribution is 2.25. The van der Waals surface area contributed by atoms with E-state index in [1.165, 1.54) is 70.6 Å². The fourth-order valence-electron chi connectivity index (χ4n) is 3.81. The number of aliphatic carboxylic acids is 2. The molecule has 2 atom stereocenters. The maximum atomic E-state index is 11.2. The van der Waals surface area contributed by atoms with Gasteiger partial charge in [0.25, 0.3) is 0 Å². The molecule has 0 saturated heterocycles. The summed E-state index contributed by atoms with van der Waals surface area (Å²) in [5, 5.41) is 17.9. The molecule has 4 heteroatoms. The van der Waals surface area contributed by atoms with E-state index in [-0.39, 0.29) is 12.3 Å². The molecule has 0 bridgehead atoms. The van der Waals surface area contributed by atoms with Crippen LogP contribution in [0.3, 0.4) is 0 Å². The van der Waals surface area contributed by atoms with Crippen LogP contribution < -0.4 is 0 Å². The minimum Gasteiger partial charge on any atom is -0.481 e. The van der Waals surface area contributed by atoms with E-state index >= 15 is 0 Å². The second kappa shape index (κ2) is 25.7. The van der Waals surface area contributed by atoms with Crippen LogP contribution in [0, 0.1) is 11.8 Å². The van der Waals surface area contributed by atoms with Crippen molar-refractivity contribution in [2.24, 2.45) is 11.8 Å². The molecule has 0 aliphatic rings. The minimum absolute atomic E-state index is 0.0485. The molecule has 0 saturated carbocycles. The lowest BCUT2D eigenvalue weighted by Gasteiger charge is -2.21. The molecule has 32 heavy (non-hydrogen) atoms. The van der Waals surface area contributed by atoms with Crippen molar-refractivity contribution in [3.63, 3.8) is 0 Å². The summed E-state index contributed by atoms with van der Waals surface area (Å²) in [7, 11) is 0. The molecule has 0 radical (unpaired) electrons. The Morgan fingerprint density at radius 1 is 0.750 bits per heavy atom. The van der Waals surface area contributed by atoms with E-state index in [0.29, 0.717) is 6.42 Å². The van der Waals surface area contributed by atoms with Crippen LogP contribution in [-0.2, 0) is 9.59 Å². The molecule has 0 amide bonds. The van der Waals surface area contributed by atoms with Crippen molar-refractivity contribution in [1.82, 2.24) is 0 Å². The summed E-state index contributed by atoms with van der Waals surface area (Å²) in [5.41, 5.74) is 0. The molecule has 0 aromatic heterocycles. The first kappa shape index (κ1) is 32.6. The number of carbonyl (C=O) groups is 2. The molecule has 0 rings (SSSR count). The molecule has 2 N–H and O–H groups in total. The number of carboxylic acids is 2. The Balaban J connectivity index is 0. The first-order valence-corrected chi connectivity index (χ1v) is 13.1. The molecule has 188 valence electrons. The average Bonchev–Trinajstić information content (AvgIpc) is 2.76. The molecule has 0 heterocycles. The normalized spacial score (nSPS) is 12.7. The third kappa shape index (κ3) is 23.1. The Morgan fingerprint density at radius 2 is 1.28 bits per heavy atom. The highest BCUT2D eigenvalue weighted by atomic mass is 16.4. The van der Waals surface area contributed by atoms with Gasteiger partial charge in [-0.2, -0.15) is 0 Å². The lowest BCUT2D eigenvalue weighted by atomic mass is 9.83. The van der Waals surface area contributed by atoms with Gasteiger partial charge >= 0.3 is 11.9 Å². The van der Waals surface area contributed by atoms with Gasteiger partial charge in [-0.1, -0.05) is 103 Å². The number of hydrogen-bond donors (Lipinski definition) is 2. The van der Waals surface area contributed by atoms with Crippen LogP contribution in [0.15, 0.2) is 24.8 Å². The predicted octanol–water partition coefficient (Wildman–Crippen LogP) is 8.81. The number of rotatable bonds is 21.